The molecule has 2 aromatic heterocycles. The van der Waals surface area contributed by atoms with Crippen molar-refractivity contribution in [3.63, 3.8) is 0 Å². The van der Waals surface area contributed by atoms with Crippen LogP contribution in [0.4, 0.5) is 19.0 Å². The zero-order chi connectivity index (χ0) is 22.2. The van der Waals surface area contributed by atoms with Gasteiger partial charge in [0.1, 0.15) is 17.7 Å². The van der Waals surface area contributed by atoms with Crippen molar-refractivity contribution in [1.82, 2.24) is 9.97 Å². The van der Waals surface area contributed by atoms with Gasteiger partial charge < -0.3 is 15.4 Å². The molecule has 3 aromatic rings. The van der Waals surface area contributed by atoms with Crippen molar-refractivity contribution in [3.05, 3.63) is 47.4 Å². The molecule has 30 heavy (non-hydrogen) atoms. The second-order valence-electron chi connectivity index (χ2n) is 8.00. The van der Waals surface area contributed by atoms with Crippen LogP contribution in [0.3, 0.4) is 0 Å². The van der Waals surface area contributed by atoms with Gasteiger partial charge in [0.2, 0.25) is 0 Å². The van der Waals surface area contributed by atoms with Crippen molar-refractivity contribution >= 4 is 22.7 Å². The molecular formula is C21H19F3N4O2. The molecule has 9 heteroatoms. The largest absolute Gasteiger partial charge is 0.481 e. The molecule has 0 aliphatic carbocycles. The summed E-state index contributed by atoms with van der Waals surface area (Å²) in [5, 5.41) is 21.6. The predicted octanol–water partition coefficient (Wildman–Crippen LogP) is 4.82. The number of nitrogens with one attached hydrogen (secondary N) is 2. The zero-order valence-electron chi connectivity index (χ0n) is 16.5. The molecule has 156 valence electrons. The number of fused-ring (bicyclic) bond motifs is 1. The number of nitriles is 1. The molecule has 1 atom stereocenters. The number of nitrogens with zero attached hydrogens (tertiary/aromatic N) is 2. The highest BCUT2D eigenvalue weighted by atomic mass is 19.1. The normalized spacial score (nSPS) is 12.6. The smallest absolute Gasteiger partial charge is 0.305 e. The van der Waals surface area contributed by atoms with Crippen LogP contribution in [-0.2, 0) is 4.79 Å². The van der Waals surface area contributed by atoms with E-state index in [1.807, 2.05) is 6.07 Å². The first-order valence-electron chi connectivity index (χ1n) is 9.06. The topological polar surface area (TPSA) is 102 Å². The number of benzene rings is 1. The minimum absolute atomic E-state index is 0.0145. The first-order valence-corrected chi connectivity index (χ1v) is 9.06. The summed E-state index contributed by atoms with van der Waals surface area (Å²) in [6.07, 6.45) is 1.07. The predicted molar refractivity (Wildman–Crippen MR) is 105 cm³/mol. The Morgan fingerprint density at radius 3 is 2.57 bits per heavy atom. The van der Waals surface area contributed by atoms with E-state index in [0.29, 0.717) is 0 Å². The van der Waals surface area contributed by atoms with Gasteiger partial charge in [-0.3, -0.25) is 4.79 Å². The lowest BCUT2D eigenvalue weighted by Gasteiger charge is -2.31. The van der Waals surface area contributed by atoms with Crippen LogP contribution in [0.25, 0.3) is 22.2 Å². The van der Waals surface area contributed by atoms with Crippen LogP contribution >= 0.6 is 0 Å². The second-order valence-corrected chi connectivity index (χ2v) is 8.00. The number of H-pyrrole nitrogens is 1. The standard InChI is InChI=1S/C21H19F3N4O2/c1-21(2,3)16(7-17(29)30)27-20-15(24)4-10(8-25)18(28-20)13-9-26-19-12(13)5-11(22)6-14(19)23/h4-6,9,16,26H,7H2,1-3H3,(H,27,28)(H,29,30). The fourth-order valence-electron chi connectivity index (χ4n) is 3.14. The fraction of sp³-hybridized carbons (Fsp3) is 0.286. The quantitative estimate of drug-likeness (QED) is 0.553. The van der Waals surface area contributed by atoms with E-state index in [-0.39, 0.29) is 40.0 Å². The molecule has 0 saturated carbocycles. The summed E-state index contributed by atoms with van der Waals surface area (Å²) in [5.74, 6) is -3.79. The van der Waals surface area contributed by atoms with Gasteiger partial charge in [0.25, 0.3) is 0 Å². The van der Waals surface area contributed by atoms with Gasteiger partial charge in [-0.25, -0.2) is 18.2 Å². The van der Waals surface area contributed by atoms with Gasteiger partial charge in [0.05, 0.1) is 23.2 Å². The minimum Gasteiger partial charge on any atom is -0.481 e. The van der Waals surface area contributed by atoms with E-state index in [2.05, 4.69) is 15.3 Å². The van der Waals surface area contributed by atoms with Crippen molar-refractivity contribution in [1.29, 1.82) is 5.26 Å². The first kappa shape index (κ1) is 21.2. The second kappa shape index (κ2) is 7.71. The van der Waals surface area contributed by atoms with E-state index in [1.165, 1.54) is 6.20 Å². The summed E-state index contributed by atoms with van der Waals surface area (Å²) < 4.78 is 42.4. The van der Waals surface area contributed by atoms with E-state index in [9.17, 15) is 28.3 Å². The van der Waals surface area contributed by atoms with Gasteiger partial charge in [-0.2, -0.15) is 5.26 Å². The third-order valence-corrected chi connectivity index (χ3v) is 4.79. The van der Waals surface area contributed by atoms with E-state index >= 15 is 0 Å². The monoisotopic (exact) mass is 416 g/mol. The van der Waals surface area contributed by atoms with Crippen molar-refractivity contribution in [2.45, 2.75) is 33.2 Å². The van der Waals surface area contributed by atoms with Crippen LogP contribution in [0.1, 0.15) is 32.8 Å². The maximum Gasteiger partial charge on any atom is 0.305 e. The molecule has 0 aliphatic rings. The maximum atomic E-state index is 14.6. The molecule has 0 spiro atoms. The summed E-state index contributed by atoms with van der Waals surface area (Å²) in [4.78, 5) is 18.1. The summed E-state index contributed by atoms with van der Waals surface area (Å²) in [6.45, 7) is 5.38. The Morgan fingerprint density at radius 2 is 1.97 bits per heavy atom. The Labute approximate surface area is 170 Å². The highest BCUT2D eigenvalue weighted by molar-refractivity contribution is 5.96. The highest BCUT2D eigenvalue weighted by Gasteiger charge is 2.29. The molecule has 0 radical (unpaired) electrons. The molecule has 1 aromatic carbocycles. The Balaban J connectivity index is 2.16. The number of anilines is 1. The summed E-state index contributed by atoms with van der Waals surface area (Å²) >= 11 is 0. The number of hydrogen-bond acceptors (Lipinski definition) is 4. The molecular weight excluding hydrogens is 397 g/mol. The number of hydrogen-bond donors (Lipinski definition) is 3. The SMILES string of the molecule is CC(C)(C)C(CC(=O)O)Nc1nc(-c2c[nH]c3c(F)cc(F)cc23)c(C#N)cc1F. The molecule has 3 N–H and O–H groups in total. The van der Waals surface area contributed by atoms with Gasteiger partial charge >= 0.3 is 5.97 Å². The number of aliphatic carboxylic acids is 1. The average Bonchev–Trinajstić information content (AvgIpc) is 3.05. The number of aromatic nitrogens is 2. The highest BCUT2D eigenvalue weighted by Crippen LogP contribution is 2.34. The number of carboxylic acid groups (broad SMARTS) is 1. The summed E-state index contributed by atoms with van der Waals surface area (Å²) in [7, 11) is 0. The van der Waals surface area contributed by atoms with Crippen molar-refractivity contribution in [2.24, 2.45) is 5.41 Å². The van der Waals surface area contributed by atoms with Gasteiger partial charge in [-0.15, -0.1) is 0 Å². The molecule has 3 rings (SSSR count). The molecule has 0 fully saturated rings. The van der Waals surface area contributed by atoms with E-state index in [1.54, 1.807) is 20.8 Å². The van der Waals surface area contributed by atoms with Crippen LogP contribution in [-0.4, -0.2) is 27.1 Å². The molecule has 0 saturated heterocycles. The number of rotatable bonds is 5. The van der Waals surface area contributed by atoms with Gasteiger partial charge in [-0.1, -0.05) is 20.8 Å². The number of carboxylic acids is 1. The van der Waals surface area contributed by atoms with Crippen LogP contribution in [0.15, 0.2) is 24.4 Å². The van der Waals surface area contributed by atoms with Gasteiger partial charge in [0.15, 0.2) is 11.6 Å². The van der Waals surface area contributed by atoms with E-state index in [4.69, 9.17) is 0 Å². The van der Waals surface area contributed by atoms with Crippen LogP contribution in [0.5, 0.6) is 0 Å². The molecule has 6 nitrogen and oxygen atoms in total. The fourth-order valence-corrected chi connectivity index (χ4v) is 3.14. The Hall–Kier alpha value is -3.54. The van der Waals surface area contributed by atoms with Crippen molar-refractivity contribution in [3.8, 4) is 17.3 Å². The Kier molecular flexibility index (Phi) is 5.44. The summed E-state index contributed by atoms with van der Waals surface area (Å²) in [6, 6.07) is 3.93. The third-order valence-electron chi connectivity index (χ3n) is 4.79. The van der Waals surface area contributed by atoms with Crippen LogP contribution in [0, 0.1) is 34.2 Å². The summed E-state index contributed by atoms with van der Waals surface area (Å²) in [5.41, 5.74) is -0.425. The Bertz CT molecular complexity index is 1180. The zero-order valence-corrected chi connectivity index (χ0v) is 16.5. The lowest BCUT2D eigenvalue weighted by molar-refractivity contribution is -0.137. The van der Waals surface area contributed by atoms with Crippen LogP contribution in [0.2, 0.25) is 0 Å². The van der Waals surface area contributed by atoms with Crippen molar-refractivity contribution in [2.75, 3.05) is 5.32 Å². The third kappa shape index (κ3) is 4.08. The average molecular weight is 416 g/mol. The molecule has 0 aliphatic heterocycles. The van der Waals surface area contributed by atoms with Crippen molar-refractivity contribution < 1.29 is 23.1 Å². The lowest BCUT2D eigenvalue weighted by Crippen LogP contribution is -2.36. The Morgan fingerprint density at radius 1 is 1.27 bits per heavy atom. The minimum atomic E-state index is -1.07. The first-order chi connectivity index (χ1) is 14.0. The van der Waals surface area contributed by atoms with E-state index < -0.39 is 34.9 Å². The number of carbonyl (C=O) groups is 1. The molecule has 0 amide bonds. The van der Waals surface area contributed by atoms with E-state index in [0.717, 1.165) is 18.2 Å². The van der Waals surface area contributed by atoms with Crippen LogP contribution < -0.4 is 5.32 Å². The van der Waals surface area contributed by atoms with Gasteiger partial charge in [-0.05, 0) is 17.5 Å². The molecule has 0 bridgehead atoms. The maximum absolute atomic E-state index is 14.6. The lowest BCUT2D eigenvalue weighted by atomic mass is 9.84. The van der Waals surface area contributed by atoms with Gasteiger partial charge in [0, 0.05) is 29.3 Å². The number of pyridine rings is 1. The number of halogens is 3. The molecule has 2 heterocycles. The molecule has 1 unspecified atom stereocenters. The number of aromatic amines is 1.